The molecule has 1 saturated carbocycles. The molecule has 1 aromatic carbocycles. The highest BCUT2D eigenvalue weighted by Crippen LogP contribution is 2.27. The van der Waals surface area contributed by atoms with Crippen molar-refractivity contribution in [2.24, 2.45) is 23.5 Å². The number of amides is 6. The van der Waals surface area contributed by atoms with Crippen LogP contribution in [0.1, 0.15) is 84.2 Å². The van der Waals surface area contributed by atoms with E-state index in [1.807, 2.05) is 19.2 Å². The number of ketones is 1. The second-order valence-electron chi connectivity index (χ2n) is 13.3. The first-order chi connectivity index (χ1) is 23.6. The number of hydrogen-bond acceptors (Lipinski definition) is 8. The van der Waals surface area contributed by atoms with Crippen LogP contribution in [-0.2, 0) is 33.5 Å². The molecular formula is C34H50F2N6O8. The maximum absolute atomic E-state index is 13.6. The van der Waals surface area contributed by atoms with Crippen LogP contribution in [0.4, 0.5) is 13.6 Å². The van der Waals surface area contributed by atoms with E-state index in [9.17, 15) is 42.3 Å². The topological polar surface area (TPSA) is 215 Å². The highest BCUT2D eigenvalue weighted by atomic mass is 19.3. The van der Waals surface area contributed by atoms with Crippen LogP contribution in [-0.4, -0.2) is 79.1 Å². The van der Waals surface area contributed by atoms with Gasteiger partial charge in [-0.15, -0.1) is 0 Å². The molecule has 0 aliphatic heterocycles. The molecule has 1 aliphatic carbocycles. The van der Waals surface area contributed by atoms with Crippen LogP contribution < -0.4 is 32.3 Å². The van der Waals surface area contributed by atoms with E-state index in [-0.39, 0.29) is 30.8 Å². The van der Waals surface area contributed by atoms with E-state index in [1.54, 1.807) is 44.2 Å². The van der Waals surface area contributed by atoms with Gasteiger partial charge in [-0.3, -0.25) is 28.8 Å². The molecule has 0 radical (unpaired) electrons. The molecule has 16 heteroatoms. The molecule has 1 aromatic rings. The summed E-state index contributed by atoms with van der Waals surface area (Å²) in [5, 5.41) is 11.7. The zero-order valence-corrected chi connectivity index (χ0v) is 29.0. The summed E-state index contributed by atoms with van der Waals surface area (Å²) in [7, 11) is 0. The smallest absolute Gasteiger partial charge is 0.407 e. The number of ether oxygens (including phenoxy) is 1. The molecule has 1 unspecified atom stereocenters. The van der Waals surface area contributed by atoms with Crippen molar-refractivity contribution in [3.8, 4) is 0 Å². The second-order valence-corrected chi connectivity index (χ2v) is 13.3. The number of rotatable bonds is 19. The number of alkyl halides is 2. The van der Waals surface area contributed by atoms with Gasteiger partial charge in [0, 0.05) is 6.42 Å². The molecule has 50 heavy (non-hydrogen) atoms. The summed E-state index contributed by atoms with van der Waals surface area (Å²) < 4.78 is 32.3. The number of benzene rings is 1. The summed E-state index contributed by atoms with van der Waals surface area (Å²) in [4.78, 5) is 89.6. The Morgan fingerprint density at radius 2 is 1.42 bits per heavy atom. The SMILES string of the molecule is CC(C)COC(=O)N[C@H](C(=O)N[C@@H](CC(C)C)C(=O)NC(CC(F)F)C(=O)C(=O)NCC(=O)N[C@H](C(N)=O)c1ccccc1)C1CCCCC1. The molecule has 0 spiro atoms. The first-order valence-electron chi connectivity index (χ1n) is 16.9. The number of hydrogen-bond donors (Lipinski definition) is 6. The van der Waals surface area contributed by atoms with Crippen molar-refractivity contribution in [3.05, 3.63) is 35.9 Å². The predicted octanol–water partition coefficient (Wildman–Crippen LogP) is 2.02. The molecule has 7 N–H and O–H groups in total. The van der Waals surface area contributed by atoms with Gasteiger partial charge in [0.25, 0.3) is 5.91 Å². The summed E-state index contributed by atoms with van der Waals surface area (Å²) >= 11 is 0. The average Bonchev–Trinajstić information content (AvgIpc) is 3.06. The fraction of sp³-hybridized carbons (Fsp3) is 0.618. The van der Waals surface area contributed by atoms with E-state index in [1.165, 1.54) is 0 Å². The Labute approximate surface area is 290 Å². The number of Topliss-reactive ketones (excluding diaryl/α,β-unsaturated/α-hetero) is 1. The van der Waals surface area contributed by atoms with Gasteiger partial charge in [-0.1, -0.05) is 77.3 Å². The quantitative estimate of drug-likeness (QED) is 0.117. The number of carbonyl (C=O) groups excluding carboxylic acids is 7. The van der Waals surface area contributed by atoms with Crippen molar-refractivity contribution < 1.29 is 47.1 Å². The van der Waals surface area contributed by atoms with Gasteiger partial charge in [0.15, 0.2) is 0 Å². The van der Waals surface area contributed by atoms with Gasteiger partial charge in [0.2, 0.25) is 35.8 Å². The van der Waals surface area contributed by atoms with Crippen LogP contribution in [0.5, 0.6) is 0 Å². The Hall–Kier alpha value is -4.63. The normalized spacial score (nSPS) is 15.7. The third kappa shape index (κ3) is 14.5. The van der Waals surface area contributed by atoms with E-state index in [4.69, 9.17) is 10.5 Å². The van der Waals surface area contributed by atoms with Crippen LogP contribution in [0.25, 0.3) is 0 Å². The molecule has 6 amide bonds. The van der Waals surface area contributed by atoms with Gasteiger partial charge in [-0.25, -0.2) is 13.6 Å². The number of halogens is 2. The van der Waals surface area contributed by atoms with Gasteiger partial charge in [-0.05, 0) is 42.6 Å². The zero-order chi connectivity index (χ0) is 37.4. The highest BCUT2D eigenvalue weighted by Gasteiger charge is 2.36. The molecule has 0 aromatic heterocycles. The van der Waals surface area contributed by atoms with Crippen LogP contribution in [0, 0.1) is 17.8 Å². The summed E-state index contributed by atoms with van der Waals surface area (Å²) in [5.41, 5.74) is 5.75. The summed E-state index contributed by atoms with van der Waals surface area (Å²) in [5.74, 6) is -6.72. The first kappa shape index (κ1) is 41.5. The molecule has 278 valence electrons. The lowest BCUT2D eigenvalue weighted by Crippen LogP contribution is -2.58. The molecule has 2 rings (SSSR count). The number of nitrogens with two attached hydrogens (primary N) is 1. The number of nitrogens with one attached hydrogen (secondary N) is 5. The lowest BCUT2D eigenvalue weighted by molar-refractivity contribution is -0.141. The molecule has 0 bridgehead atoms. The highest BCUT2D eigenvalue weighted by molar-refractivity contribution is 6.38. The van der Waals surface area contributed by atoms with Crippen LogP contribution in [0.15, 0.2) is 30.3 Å². The van der Waals surface area contributed by atoms with Gasteiger partial charge in [0.1, 0.15) is 24.2 Å². The fourth-order valence-corrected chi connectivity index (χ4v) is 5.50. The monoisotopic (exact) mass is 708 g/mol. The van der Waals surface area contributed by atoms with E-state index in [0.717, 1.165) is 19.3 Å². The minimum Gasteiger partial charge on any atom is -0.449 e. The molecule has 0 heterocycles. The predicted molar refractivity (Wildman–Crippen MR) is 178 cm³/mol. The van der Waals surface area contributed by atoms with E-state index in [0.29, 0.717) is 18.4 Å². The van der Waals surface area contributed by atoms with Crippen molar-refractivity contribution >= 4 is 41.4 Å². The first-order valence-corrected chi connectivity index (χ1v) is 16.9. The van der Waals surface area contributed by atoms with Crippen LogP contribution in [0.3, 0.4) is 0 Å². The standard InChI is InChI=1S/C34H50F2N6O8/c1-19(2)15-24(40-32(47)28(22-13-9-6-10-14-22)42-34(49)50-18-20(3)4)31(46)39-23(16-25(35)36)29(44)33(48)38-17-26(43)41-27(30(37)45)21-11-7-5-8-12-21/h5,7-8,11-12,19-20,22-25,27-28H,6,9-10,13-18H2,1-4H3,(H2,37,45)(H,38,48)(H,39,46)(H,40,47)(H,41,43)(H,42,49)/t23?,24-,27-,28-/m0/s1. The molecule has 1 fully saturated rings. The van der Waals surface area contributed by atoms with E-state index in [2.05, 4.69) is 21.3 Å². The summed E-state index contributed by atoms with van der Waals surface area (Å²) in [6, 6.07) is 2.40. The fourth-order valence-electron chi connectivity index (χ4n) is 5.50. The van der Waals surface area contributed by atoms with Gasteiger partial charge in [-0.2, -0.15) is 0 Å². The Bertz CT molecular complexity index is 1320. The van der Waals surface area contributed by atoms with Gasteiger partial charge in [0.05, 0.1) is 13.2 Å². The van der Waals surface area contributed by atoms with E-state index < -0.39 is 85.0 Å². The Kier molecular flexibility index (Phi) is 17.3. The zero-order valence-electron chi connectivity index (χ0n) is 29.0. The van der Waals surface area contributed by atoms with Crippen molar-refractivity contribution in [3.63, 3.8) is 0 Å². The van der Waals surface area contributed by atoms with E-state index >= 15 is 0 Å². The van der Waals surface area contributed by atoms with Crippen LogP contribution >= 0.6 is 0 Å². The molecule has 0 saturated heterocycles. The summed E-state index contributed by atoms with van der Waals surface area (Å²) in [6.07, 6.45) is -1.14. The van der Waals surface area contributed by atoms with Crippen molar-refractivity contribution in [2.75, 3.05) is 13.2 Å². The molecule has 4 atom stereocenters. The minimum atomic E-state index is -3.11. The Morgan fingerprint density at radius 3 is 1.98 bits per heavy atom. The molecular weight excluding hydrogens is 658 g/mol. The average molecular weight is 709 g/mol. The molecule has 14 nitrogen and oxygen atoms in total. The maximum Gasteiger partial charge on any atom is 0.407 e. The van der Waals surface area contributed by atoms with Gasteiger partial charge >= 0.3 is 6.09 Å². The van der Waals surface area contributed by atoms with Gasteiger partial charge < -0.3 is 37.1 Å². The lowest BCUT2D eigenvalue weighted by Gasteiger charge is -2.31. The largest absolute Gasteiger partial charge is 0.449 e. The second kappa shape index (κ2) is 20.8. The number of alkyl carbamates (subject to hydrolysis) is 1. The Morgan fingerprint density at radius 1 is 0.800 bits per heavy atom. The third-order valence-corrected chi connectivity index (χ3v) is 7.97. The van der Waals surface area contributed by atoms with Crippen molar-refractivity contribution in [1.82, 2.24) is 26.6 Å². The van der Waals surface area contributed by atoms with Crippen molar-refractivity contribution in [1.29, 1.82) is 0 Å². The lowest BCUT2D eigenvalue weighted by atomic mass is 9.83. The Balaban J connectivity index is 2.14. The van der Waals surface area contributed by atoms with Crippen molar-refractivity contribution in [2.45, 2.75) is 103 Å². The third-order valence-electron chi connectivity index (χ3n) is 7.97. The summed E-state index contributed by atoms with van der Waals surface area (Å²) in [6.45, 7) is 6.54. The number of carbonyl (C=O) groups is 7. The maximum atomic E-state index is 13.6. The number of primary amides is 1. The van der Waals surface area contributed by atoms with Crippen LogP contribution in [0.2, 0.25) is 0 Å². The minimum absolute atomic E-state index is 0.0388. The molecule has 1 aliphatic rings.